The number of aliphatic hydroxyl groups excluding tert-OH is 4. The predicted octanol–water partition coefficient (Wildman–Crippen LogP) is -0.307. The Morgan fingerprint density at radius 1 is 1.17 bits per heavy atom. The summed E-state index contributed by atoms with van der Waals surface area (Å²) in [7, 11) is 0. The maximum Gasteiger partial charge on any atom is 0.325 e. The molecule has 2 aliphatic rings. The van der Waals surface area contributed by atoms with E-state index in [1.165, 1.54) is 24.3 Å². The first-order valence-electron chi connectivity index (χ1n) is 10.6. The molecule has 7 N–H and O–H groups in total. The van der Waals surface area contributed by atoms with Crippen molar-refractivity contribution in [1.29, 1.82) is 0 Å². The second kappa shape index (κ2) is 12.8. The number of phenolic OH excluding ortho intramolecular Hbond substituents is 1. The third kappa shape index (κ3) is 6.89. The highest BCUT2D eigenvalue weighted by Crippen LogP contribution is 2.32. The van der Waals surface area contributed by atoms with Crippen molar-refractivity contribution in [2.45, 2.75) is 37.1 Å². The van der Waals surface area contributed by atoms with Crippen LogP contribution in [0.15, 0.2) is 54.3 Å². The number of phenols is 1. The van der Waals surface area contributed by atoms with Gasteiger partial charge in [0.1, 0.15) is 47.2 Å². The molecule has 0 bridgehead atoms. The van der Waals surface area contributed by atoms with Crippen molar-refractivity contribution in [3.63, 3.8) is 0 Å². The number of rotatable bonds is 8. The van der Waals surface area contributed by atoms with E-state index in [0.29, 0.717) is 12.2 Å². The Labute approximate surface area is 207 Å². The van der Waals surface area contributed by atoms with Gasteiger partial charge < -0.3 is 45.5 Å². The van der Waals surface area contributed by atoms with Gasteiger partial charge in [0.25, 0.3) is 0 Å². The molecule has 12 heteroatoms. The number of ether oxygens (including phenoxy) is 3. The molecule has 1 saturated heterocycles. The number of nitrogens with two attached hydrogens (primary N) is 1. The summed E-state index contributed by atoms with van der Waals surface area (Å²) in [4.78, 5) is 24.1. The fourth-order valence-electron chi connectivity index (χ4n) is 3.46. The number of aliphatic hydroxyl groups is 4. The van der Waals surface area contributed by atoms with Crippen molar-refractivity contribution in [3.05, 3.63) is 59.9 Å². The molecule has 1 aliphatic heterocycles. The van der Waals surface area contributed by atoms with Gasteiger partial charge >= 0.3 is 5.97 Å². The average molecular weight is 514 g/mol. The minimum atomic E-state index is -1.68. The number of carbonyl (C=O) groups is 2. The average Bonchev–Trinajstić information content (AvgIpc) is 2.83. The van der Waals surface area contributed by atoms with E-state index in [-0.39, 0.29) is 41.9 Å². The normalized spacial score (nSPS) is 28.2. The quantitative estimate of drug-likeness (QED) is 0.152. The van der Waals surface area contributed by atoms with Crippen molar-refractivity contribution in [2.75, 3.05) is 13.2 Å². The molecule has 1 aromatic rings. The minimum absolute atomic E-state index is 0. The Hall–Kier alpha value is -2.77. The van der Waals surface area contributed by atoms with Crippen LogP contribution in [0.2, 0.25) is 0 Å². The highest BCUT2D eigenvalue weighted by atomic mass is 35.5. The molecule has 0 amide bonds. The molecular formula is C23H28ClNO10. The van der Waals surface area contributed by atoms with E-state index >= 15 is 0 Å². The minimum Gasteiger partial charge on any atom is -0.507 e. The number of allylic oxidation sites excluding steroid dienone is 5. The predicted molar refractivity (Wildman–Crippen MR) is 124 cm³/mol. The Bertz CT molecular complexity index is 993. The van der Waals surface area contributed by atoms with Gasteiger partial charge in [-0.05, 0) is 42.7 Å². The first-order valence-corrected chi connectivity index (χ1v) is 10.6. The lowest BCUT2D eigenvalue weighted by Crippen LogP contribution is -2.60. The van der Waals surface area contributed by atoms with Gasteiger partial charge in [-0.25, -0.2) is 0 Å². The third-order valence-corrected chi connectivity index (χ3v) is 5.33. The van der Waals surface area contributed by atoms with E-state index in [4.69, 9.17) is 19.9 Å². The summed E-state index contributed by atoms with van der Waals surface area (Å²) in [6.07, 6.45) is 0.689. The zero-order valence-electron chi connectivity index (χ0n) is 18.5. The summed E-state index contributed by atoms with van der Waals surface area (Å²) in [5, 5.41) is 49.6. The maximum atomic E-state index is 12.9. The summed E-state index contributed by atoms with van der Waals surface area (Å²) >= 11 is 0. The monoisotopic (exact) mass is 513 g/mol. The van der Waals surface area contributed by atoms with E-state index in [1.54, 1.807) is 24.3 Å². The van der Waals surface area contributed by atoms with Crippen LogP contribution in [0.3, 0.4) is 0 Å². The summed E-state index contributed by atoms with van der Waals surface area (Å²) in [6, 6.07) is 4.06. The van der Waals surface area contributed by atoms with Crippen LogP contribution in [0.25, 0.3) is 0 Å². The van der Waals surface area contributed by atoms with Gasteiger partial charge in [-0.2, -0.15) is 0 Å². The Balaban J connectivity index is 0.00000432. The smallest absolute Gasteiger partial charge is 0.325 e. The van der Waals surface area contributed by atoms with E-state index < -0.39 is 49.1 Å². The number of hydrogen-bond donors (Lipinski definition) is 6. The molecule has 1 unspecified atom stereocenters. The van der Waals surface area contributed by atoms with Crippen molar-refractivity contribution < 1.29 is 49.3 Å². The number of carbonyl (C=O) groups excluding carboxylic acids is 2. The van der Waals surface area contributed by atoms with Gasteiger partial charge in [0.05, 0.1) is 13.2 Å². The lowest BCUT2D eigenvalue weighted by molar-refractivity contribution is -0.277. The Morgan fingerprint density at radius 2 is 1.91 bits per heavy atom. The maximum absolute atomic E-state index is 12.9. The molecule has 35 heavy (non-hydrogen) atoms. The first kappa shape index (κ1) is 28.5. The van der Waals surface area contributed by atoms with Gasteiger partial charge in [-0.15, -0.1) is 12.4 Å². The van der Waals surface area contributed by atoms with Crippen LogP contribution < -0.4 is 10.5 Å². The summed E-state index contributed by atoms with van der Waals surface area (Å²) < 4.78 is 15.9. The summed E-state index contributed by atoms with van der Waals surface area (Å²) in [5.41, 5.74) is 5.00. The van der Waals surface area contributed by atoms with Crippen molar-refractivity contribution in [2.24, 2.45) is 11.7 Å². The fourth-order valence-corrected chi connectivity index (χ4v) is 3.46. The van der Waals surface area contributed by atoms with Crippen LogP contribution in [0.5, 0.6) is 11.5 Å². The SMILES string of the molecule is Cl.NCC(=O)OC1=CCC(C=CC(=O)c2c(O)cccc2O[C@@H]2O[C@H](CO)[C@@H](O)[C@H](O)[C@H]2O)C=C1. The second-order valence-corrected chi connectivity index (χ2v) is 7.73. The van der Waals surface area contributed by atoms with Crippen LogP contribution in [-0.2, 0) is 14.3 Å². The standard InChI is InChI=1S/C23H27NO10.ClH/c24-10-18(28)32-13-7-4-12(5-8-13)6-9-15(27)19-14(26)2-1-3-16(19)33-23-22(31)21(30)20(29)17(11-25)34-23;/h1-4,6-9,12,17,20-23,25-26,29-31H,5,10-11,24H2;1H/t12?,17-,20-,21+,22-,23-;/m1./s1. The Morgan fingerprint density at radius 3 is 2.54 bits per heavy atom. The molecule has 192 valence electrons. The van der Waals surface area contributed by atoms with E-state index in [0.717, 1.165) is 0 Å². The highest BCUT2D eigenvalue weighted by Gasteiger charge is 2.45. The first-order chi connectivity index (χ1) is 16.2. The molecule has 11 nitrogen and oxygen atoms in total. The molecule has 0 aromatic heterocycles. The summed E-state index contributed by atoms with van der Waals surface area (Å²) in [5.74, 6) is -1.49. The molecule has 0 saturated carbocycles. The second-order valence-electron chi connectivity index (χ2n) is 7.73. The molecule has 1 fully saturated rings. The molecule has 1 aliphatic carbocycles. The van der Waals surface area contributed by atoms with Gasteiger partial charge in [0.15, 0.2) is 5.78 Å². The van der Waals surface area contributed by atoms with Crippen LogP contribution in [0, 0.1) is 5.92 Å². The highest BCUT2D eigenvalue weighted by molar-refractivity contribution is 6.08. The van der Waals surface area contributed by atoms with Crippen molar-refractivity contribution in [3.8, 4) is 11.5 Å². The van der Waals surface area contributed by atoms with Gasteiger partial charge in [-0.3, -0.25) is 9.59 Å². The topological polar surface area (TPSA) is 189 Å². The Kier molecular flexibility index (Phi) is 10.4. The zero-order chi connectivity index (χ0) is 24.8. The molecule has 1 aromatic carbocycles. The van der Waals surface area contributed by atoms with Gasteiger partial charge in [-0.1, -0.05) is 18.2 Å². The van der Waals surface area contributed by atoms with Crippen LogP contribution in [-0.4, -0.2) is 81.1 Å². The van der Waals surface area contributed by atoms with Crippen LogP contribution in [0.1, 0.15) is 16.8 Å². The lowest BCUT2D eigenvalue weighted by atomic mass is 9.98. The van der Waals surface area contributed by atoms with Gasteiger partial charge in [0.2, 0.25) is 6.29 Å². The third-order valence-electron chi connectivity index (χ3n) is 5.33. The van der Waals surface area contributed by atoms with Gasteiger partial charge in [0, 0.05) is 0 Å². The van der Waals surface area contributed by atoms with E-state index in [9.17, 15) is 35.1 Å². The molecule has 0 radical (unpaired) electrons. The number of ketones is 1. The summed E-state index contributed by atoms with van der Waals surface area (Å²) in [6.45, 7) is -0.882. The van der Waals surface area contributed by atoms with E-state index in [2.05, 4.69) is 0 Å². The number of aromatic hydroxyl groups is 1. The van der Waals surface area contributed by atoms with Crippen molar-refractivity contribution in [1.82, 2.24) is 0 Å². The number of esters is 1. The molecule has 0 spiro atoms. The van der Waals surface area contributed by atoms with Crippen LogP contribution in [0.4, 0.5) is 0 Å². The lowest BCUT2D eigenvalue weighted by Gasteiger charge is -2.39. The zero-order valence-corrected chi connectivity index (χ0v) is 19.3. The number of benzene rings is 1. The van der Waals surface area contributed by atoms with Crippen LogP contribution >= 0.6 is 12.4 Å². The van der Waals surface area contributed by atoms with E-state index in [1.807, 2.05) is 0 Å². The molecule has 1 heterocycles. The molecule has 3 rings (SSSR count). The molecular weight excluding hydrogens is 486 g/mol. The van der Waals surface area contributed by atoms with Crippen molar-refractivity contribution >= 4 is 24.2 Å². The largest absolute Gasteiger partial charge is 0.507 e. The number of hydrogen-bond acceptors (Lipinski definition) is 11. The fraction of sp³-hybridized carbons (Fsp3) is 0.391. The number of halogens is 1. The molecule has 6 atom stereocenters.